The van der Waals surface area contributed by atoms with Gasteiger partial charge in [-0.25, -0.2) is 9.69 Å². The second-order valence-electron chi connectivity index (χ2n) is 7.05. The molecule has 3 aromatic rings. The summed E-state index contributed by atoms with van der Waals surface area (Å²) in [5, 5.41) is 2.27. The molecular formula is C24H21N3O3. The van der Waals surface area contributed by atoms with Crippen molar-refractivity contribution in [1.29, 1.82) is 0 Å². The standard InChI is InChI=1S/C24H21N3O3/c1-3-17-10-13-19(14-11-17)27-23(29)21(22(28)25-24(27)30)15-20-12-9-16(2)26(20)18-7-5-4-6-8-18/h4-15H,3H2,1-2H3,(H,25,28,30)/b21-15+. The van der Waals surface area contributed by atoms with Gasteiger partial charge in [0.15, 0.2) is 0 Å². The third kappa shape index (κ3) is 3.43. The third-order valence-electron chi connectivity index (χ3n) is 5.12. The van der Waals surface area contributed by atoms with Gasteiger partial charge in [0.05, 0.1) is 5.69 Å². The van der Waals surface area contributed by atoms with E-state index < -0.39 is 17.8 Å². The Hall–Kier alpha value is -3.93. The summed E-state index contributed by atoms with van der Waals surface area (Å²) in [5.74, 6) is -1.35. The number of carbonyl (C=O) groups excluding carboxylic acids is 3. The Balaban J connectivity index is 1.75. The van der Waals surface area contributed by atoms with E-state index in [0.717, 1.165) is 28.3 Å². The highest BCUT2D eigenvalue weighted by molar-refractivity contribution is 6.39. The van der Waals surface area contributed by atoms with Gasteiger partial charge in [-0.05, 0) is 61.4 Å². The second kappa shape index (κ2) is 7.83. The molecule has 1 N–H and O–H groups in total. The molecule has 4 rings (SSSR count). The number of rotatable bonds is 4. The van der Waals surface area contributed by atoms with Crippen LogP contribution in [0, 0.1) is 6.92 Å². The van der Waals surface area contributed by atoms with Crippen LogP contribution in [0.3, 0.4) is 0 Å². The normalized spacial score (nSPS) is 15.6. The van der Waals surface area contributed by atoms with Crippen LogP contribution in [-0.2, 0) is 16.0 Å². The summed E-state index contributed by atoms with van der Waals surface area (Å²) in [6, 6.07) is 19.8. The molecule has 1 aromatic heterocycles. The molecule has 1 saturated heterocycles. The molecule has 6 heteroatoms. The number of amides is 4. The SMILES string of the molecule is CCc1ccc(N2C(=O)NC(=O)/C(=C\c3ccc(C)n3-c3ccccc3)C2=O)cc1. The van der Waals surface area contributed by atoms with Crippen molar-refractivity contribution in [2.75, 3.05) is 4.90 Å². The summed E-state index contributed by atoms with van der Waals surface area (Å²) in [6.45, 7) is 3.97. The molecule has 6 nitrogen and oxygen atoms in total. The zero-order chi connectivity index (χ0) is 21.3. The maximum atomic E-state index is 13.1. The maximum absolute atomic E-state index is 13.1. The molecule has 1 aliphatic rings. The van der Waals surface area contributed by atoms with Crippen LogP contribution in [-0.4, -0.2) is 22.4 Å². The number of nitrogens with zero attached hydrogens (tertiary/aromatic N) is 2. The molecule has 4 amide bonds. The molecule has 0 unspecified atom stereocenters. The Morgan fingerprint density at radius 3 is 2.23 bits per heavy atom. The highest BCUT2D eigenvalue weighted by atomic mass is 16.2. The molecule has 0 atom stereocenters. The van der Waals surface area contributed by atoms with Gasteiger partial charge in [0.25, 0.3) is 11.8 Å². The van der Waals surface area contributed by atoms with E-state index >= 15 is 0 Å². The fourth-order valence-electron chi connectivity index (χ4n) is 3.52. The van der Waals surface area contributed by atoms with Crippen molar-refractivity contribution in [1.82, 2.24) is 9.88 Å². The first-order valence-corrected chi connectivity index (χ1v) is 9.73. The average molecular weight is 399 g/mol. The maximum Gasteiger partial charge on any atom is 0.335 e. The smallest absolute Gasteiger partial charge is 0.314 e. The van der Waals surface area contributed by atoms with E-state index in [1.165, 1.54) is 6.08 Å². The molecule has 0 radical (unpaired) electrons. The summed E-state index contributed by atoms with van der Waals surface area (Å²) >= 11 is 0. The quantitative estimate of drug-likeness (QED) is 0.532. The van der Waals surface area contributed by atoms with Crippen molar-refractivity contribution >= 4 is 29.6 Å². The number of hydrogen-bond acceptors (Lipinski definition) is 3. The minimum atomic E-state index is -0.749. The highest BCUT2D eigenvalue weighted by Crippen LogP contribution is 2.24. The van der Waals surface area contributed by atoms with Crippen LogP contribution in [0.5, 0.6) is 0 Å². The lowest BCUT2D eigenvalue weighted by molar-refractivity contribution is -0.122. The van der Waals surface area contributed by atoms with Gasteiger partial charge in [0.2, 0.25) is 0 Å². The van der Waals surface area contributed by atoms with Crippen molar-refractivity contribution in [2.45, 2.75) is 20.3 Å². The van der Waals surface area contributed by atoms with Gasteiger partial charge >= 0.3 is 6.03 Å². The Labute approximate surface area is 174 Å². The Morgan fingerprint density at radius 2 is 1.57 bits per heavy atom. The molecule has 30 heavy (non-hydrogen) atoms. The van der Waals surface area contributed by atoms with E-state index in [4.69, 9.17) is 0 Å². The molecule has 0 spiro atoms. The summed E-state index contributed by atoms with van der Waals surface area (Å²) in [7, 11) is 0. The topological polar surface area (TPSA) is 71.4 Å². The predicted octanol–water partition coefficient (Wildman–Crippen LogP) is 4.01. The highest BCUT2D eigenvalue weighted by Gasteiger charge is 2.37. The van der Waals surface area contributed by atoms with E-state index in [2.05, 4.69) is 5.32 Å². The lowest BCUT2D eigenvalue weighted by Gasteiger charge is -2.26. The number of carbonyl (C=O) groups is 3. The Kier molecular flexibility index (Phi) is 5.06. The zero-order valence-electron chi connectivity index (χ0n) is 16.8. The van der Waals surface area contributed by atoms with Crippen LogP contribution in [0.2, 0.25) is 0 Å². The third-order valence-corrected chi connectivity index (χ3v) is 5.12. The fourth-order valence-corrected chi connectivity index (χ4v) is 3.52. The van der Waals surface area contributed by atoms with Gasteiger partial charge < -0.3 is 4.57 Å². The number of hydrogen-bond donors (Lipinski definition) is 1. The van der Waals surface area contributed by atoms with Crippen molar-refractivity contribution in [3.8, 4) is 5.69 Å². The first-order chi connectivity index (χ1) is 14.5. The van der Waals surface area contributed by atoms with E-state index in [9.17, 15) is 14.4 Å². The van der Waals surface area contributed by atoms with Crippen LogP contribution in [0.4, 0.5) is 10.5 Å². The molecule has 0 aliphatic carbocycles. The first kappa shape index (κ1) is 19.4. The number of benzene rings is 2. The van der Waals surface area contributed by atoms with E-state index in [1.807, 2.05) is 73.0 Å². The number of nitrogens with one attached hydrogen (secondary N) is 1. The summed E-state index contributed by atoms with van der Waals surface area (Å²) in [4.78, 5) is 39.0. The summed E-state index contributed by atoms with van der Waals surface area (Å²) < 4.78 is 1.95. The minimum absolute atomic E-state index is 0.0931. The van der Waals surface area contributed by atoms with Gasteiger partial charge in [-0.2, -0.15) is 0 Å². The zero-order valence-corrected chi connectivity index (χ0v) is 16.8. The van der Waals surface area contributed by atoms with Gasteiger partial charge in [-0.3, -0.25) is 14.9 Å². The first-order valence-electron chi connectivity index (χ1n) is 9.73. The van der Waals surface area contributed by atoms with Crippen molar-refractivity contribution < 1.29 is 14.4 Å². The molecule has 2 aromatic carbocycles. The molecular weight excluding hydrogens is 378 g/mol. The van der Waals surface area contributed by atoms with Gasteiger partial charge in [0, 0.05) is 17.1 Å². The number of para-hydroxylation sites is 1. The van der Waals surface area contributed by atoms with E-state index in [-0.39, 0.29) is 5.57 Å². The number of urea groups is 1. The van der Waals surface area contributed by atoms with Crippen LogP contribution >= 0.6 is 0 Å². The van der Waals surface area contributed by atoms with Crippen molar-refractivity contribution in [3.63, 3.8) is 0 Å². The number of aromatic nitrogens is 1. The molecule has 0 saturated carbocycles. The molecule has 1 aliphatic heterocycles. The molecule has 0 bridgehead atoms. The van der Waals surface area contributed by atoms with Crippen LogP contribution in [0.15, 0.2) is 72.3 Å². The Bertz CT molecular complexity index is 1160. The van der Waals surface area contributed by atoms with E-state index in [0.29, 0.717) is 11.4 Å². The average Bonchev–Trinajstić information content (AvgIpc) is 3.12. The molecule has 1 fully saturated rings. The van der Waals surface area contributed by atoms with Gasteiger partial charge in [0.1, 0.15) is 5.57 Å². The number of anilines is 1. The van der Waals surface area contributed by atoms with Crippen LogP contribution < -0.4 is 10.2 Å². The second-order valence-corrected chi connectivity index (χ2v) is 7.05. The van der Waals surface area contributed by atoms with Gasteiger partial charge in [-0.15, -0.1) is 0 Å². The predicted molar refractivity (Wildman–Crippen MR) is 115 cm³/mol. The Morgan fingerprint density at radius 1 is 0.867 bits per heavy atom. The number of imide groups is 2. The van der Waals surface area contributed by atoms with E-state index in [1.54, 1.807) is 12.1 Å². The molecule has 150 valence electrons. The molecule has 2 heterocycles. The number of aryl methyl sites for hydroxylation is 2. The van der Waals surface area contributed by atoms with Crippen LogP contribution in [0.25, 0.3) is 11.8 Å². The monoisotopic (exact) mass is 399 g/mol. The lowest BCUT2D eigenvalue weighted by Crippen LogP contribution is -2.54. The van der Waals surface area contributed by atoms with Crippen molar-refractivity contribution in [3.05, 3.63) is 89.3 Å². The number of barbiturate groups is 1. The van der Waals surface area contributed by atoms with Crippen molar-refractivity contribution in [2.24, 2.45) is 0 Å². The van der Waals surface area contributed by atoms with Crippen LogP contribution in [0.1, 0.15) is 23.9 Å². The lowest BCUT2D eigenvalue weighted by atomic mass is 10.1. The van der Waals surface area contributed by atoms with Gasteiger partial charge in [-0.1, -0.05) is 37.3 Å². The summed E-state index contributed by atoms with van der Waals surface area (Å²) in [5.41, 5.74) is 3.96. The fraction of sp³-hybridized carbons (Fsp3) is 0.125. The minimum Gasteiger partial charge on any atom is -0.314 e. The largest absolute Gasteiger partial charge is 0.335 e. The summed E-state index contributed by atoms with van der Waals surface area (Å²) in [6.07, 6.45) is 2.37.